The fraction of sp³-hybridized carbons (Fsp3) is 0.500. The molecule has 0 aromatic carbocycles. The Hall–Kier alpha value is -0.230. The Morgan fingerprint density at radius 2 is 2.29 bits per heavy atom. The topological polar surface area (TPSA) is 16.1 Å². The number of aromatic nitrogens is 1. The largest absolute Gasteiger partial charge is 0.302 e. The molecule has 0 saturated heterocycles. The zero-order chi connectivity index (χ0) is 10.6. The molecule has 14 heavy (non-hydrogen) atoms. The highest BCUT2D eigenvalue weighted by Gasteiger charge is 2.05. The van der Waals surface area contributed by atoms with Gasteiger partial charge in [-0.2, -0.15) is 4.39 Å². The van der Waals surface area contributed by atoms with Gasteiger partial charge in [0, 0.05) is 22.4 Å². The number of hydrogen-bond acceptors (Lipinski definition) is 2. The minimum atomic E-state index is -0.406. The number of halogens is 2. The van der Waals surface area contributed by atoms with Gasteiger partial charge in [-0.15, -0.1) is 0 Å². The number of rotatable bonds is 4. The zero-order valence-corrected chi connectivity index (χ0v) is 10.6. The van der Waals surface area contributed by atoms with Crippen molar-refractivity contribution in [2.75, 3.05) is 13.6 Å². The van der Waals surface area contributed by atoms with Crippen molar-refractivity contribution in [3.05, 3.63) is 27.3 Å². The summed E-state index contributed by atoms with van der Waals surface area (Å²) in [7, 11) is 2.06. The van der Waals surface area contributed by atoms with Crippen LogP contribution < -0.4 is 0 Å². The maximum atomic E-state index is 12.7. The second-order valence-electron chi connectivity index (χ2n) is 3.34. The second-order valence-corrected chi connectivity index (χ2v) is 4.50. The summed E-state index contributed by atoms with van der Waals surface area (Å²) in [5.41, 5.74) is 1.09. The lowest BCUT2D eigenvalue weighted by molar-refractivity contribution is 0.326. The van der Waals surface area contributed by atoms with E-state index < -0.39 is 5.95 Å². The average Bonchev–Trinajstić information content (AvgIpc) is 2.10. The van der Waals surface area contributed by atoms with E-state index in [0.717, 1.165) is 28.6 Å². The number of pyridine rings is 1. The Balaban J connectivity index is 2.67. The van der Waals surface area contributed by atoms with Gasteiger partial charge in [-0.05, 0) is 48.2 Å². The summed E-state index contributed by atoms with van der Waals surface area (Å²) in [6, 6.07) is 1.47. The molecular weight excluding hydrogens is 294 g/mol. The van der Waals surface area contributed by atoms with Crippen LogP contribution in [0, 0.1) is 9.52 Å². The van der Waals surface area contributed by atoms with E-state index in [2.05, 4.69) is 46.4 Å². The van der Waals surface area contributed by atoms with Crippen molar-refractivity contribution < 1.29 is 4.39 Å². The molecule has 0 aliphatic rings. The predicted molar refractivity (Wildman–Crippen MR) is 63.5 cm³/mol. The molecule has 0 fully saturated rings. The van der Waals surface area contributed by atoms with Gasteiger partial charge in [0.15, 0.2) is 0 Å². The third-order valence-electron chi connectivity index (χ3n) is 1.94. The van der Waals surface area contributed by atoms with Gasteiger partial charge in [0.2, 0.25) is 5.95 Å². The van der Waals surface area contributed by atoms with Crippen LogP contribution in [0.4, 0.5) is 4.39 Å². The van der Waals surface area contributed by atoms with E-state index in [4.69, 9.17) is 0 Å². The van der Waals surface area contributed by atoms with Gasteiger partial charge in [-0.25, -0.2) is 4.98 Å². The smallest absolute Gasteiger partial charge is 0.213 e. The SMILES string of the molecule is CCCN(C)Cc1cnc(F)cc1I. The Kier molecular flexibility index (Phi) is 4.74. The first-order valence-electron chi connectivity index (χ1n) is 4.62. The molecule has 0 N–H and O–H groups in total. The Bertz CT molecular complexity index is 304. The molecule has 2 nitrogen and oxygen atoms in total. The number of nitrogens with zero attached hydrogens (tertiary/aromatic N) is 2. The average molecular weight is 308 g/mol. The molecule has 0 aliphatic heterocycles. The summed E-state index contributed by atoms with van der Waals surface area (Å²) in [5, 5.41) is 0. The lowest BCUT2D eigenvalue weighted by Gasteiger charge is -2.15. The molecule has 1 aromatic rings. The van der Waals surface area contributed by atoms with Crippen molar-refractivity contribution >= 4 is 22.6 Å². The van der Waals surface area contributed by atoms with Gasteiger partial charge >= 0.3 is 0 Å². The van der Waals surface area contributed by atoms with Crippen molar-refractivity contribution in [1.82, 2.24) is 9.88 Å². The van der Waals surface area contributed by atoms with Gasteiger partial charge in [-0.1, -0.05) is 6.92 Å². The van der Waals surface area contributed by atoms with Crippen LogP contribution in [0.3, 0.4) is 0 Å². The molecule has 4 heteroatoms. The molecule has 0 aliphatic carbocycles. The van der Waals surface area contributed by atoms with Crippen LogP contribution in [0.5, 0.6) is 0 Å². The molecule has 1 rings (SSSR count). The van der Waals surface area contributed by atoms with Crippen LogP contribution in [-0.2, 0) is 6.54 Å². The first-order chi connectivity index (χ1) is 6.63. The maximum absolute atomic E-state index is 12.7. The first-order valence-corrected chi connectivity index (χ1v) is 5.69. The molecule has 0 unspecified atom stereocenters. The van der Waals surface area contributed by atoms with Crippen LogP contribution in [-0.4, -0.2) is 23.5 Å². The normalized spacial score (nSPS) is 10.9. The van der Waals surface area contributed by atoms with E-state index in [1.165, 1.54) is 6.07 Å². The third kappa shape index (κ3) is 3.49. The summed E-state index contributed by atoms with van der Waals surface area (Å²) in [6.45, 7) is 4.03. The van der Waals surface area contributed by atoms with Gasteiger partial charge in [0.05, 0.1) is 0 Å². The van der Waals surface area contributed by atoms with Crippen molar-refractivity contribution in [2.24, 2.45) is 0 Å². The molecule has 0 bridgehead atoms. The van der Waals surface area contributed by atoms with Crippen LogP contribution in [0.25, 0.3) is 0 Å². The molecule has 0 radical (unpaired) electrons. The van der Waals surface area contributed by atoms with Gasteiger partial charge in [0.1, 0.15) is 0 Å². The van der Waals surface area contributed by atoms with Crippen molar-refractivity contribution in [1.29, 1.82) is 0 Å². The van der Waals surface area contributed by atoms with Crippen LogP contribution in [0.15, 0.2) is 12.3 Å². The monoisotopic (exact) mass is 308 g/mol. The second kappa shape index (κ2) is 5.60. The van der Waals surface area contributed by atoms with E-state index in [9.17, 15) is 4.39 Å². The third-order valence-corrected chi connectivity index (χ3v) is 2.95. The molecule has 0 amide bonds. The van der Waals surface area contributed by atoms with E-state index in [1.54, 1.807) is 6.20 Å². The lowest BCUT2D eigenvalue weighted by atomic mass is 10.2. The van der Waals surface area contributed by atoms with Crippen molar-refractivity contribution in [2.45, 2.75) is 19.9 Å². The first kappa shape index (κ1) is 11.8. The van der Waals surface area contributed by atoms with E-state index in [1.807, 2.05) is 0 Å². The number of hydrogen-bond donors (Lipinski definition) is 0. The van der Waals surface area contributed by atoms with Crippen LogP contribution >= 0.6 is 22.6 Å². The van der Waals surface area contributed by atoms with Gasteiger partial charge in [-0.3, -0.25) is 0 Å². The fourth-order valence-corrected chi connectivity index (χ4v) is 1.87. The molecule has 0 atom stereocenters. The fourth-order valence-electron chi connectivity index (χ4n) is 1.30. The molecule has 1 heterocycles. The Morgan fingerprint density at radius 3 is 2.86 bits per heavy atom. The van der Waals surface area contributed by atoms with Crippen molar-refractivity contribution in [3.8, 4) is 0 Å². The minimum Gasteiger partial charge on any atom is -0.302 e. The molecule has 0 spiro atoms. The van der Waals surface area contributed by atoms with Crippen LogP contribution in [0.1, 0.15) is 18.9 Å². The quantitative estimate of drug-likeness (QED) is 0.628. The summed E-state index contributed by atoms with van der Waals surface area (Å²) in [4.78, 5) is 5.86. The predicted octanol–water partition coefficient (Wildman–Crippen LogP) is 2.67. The highest BCUT2D eigenvalue weighted by Crippen LogP contribution is 2.13. The highest BCUT2D eigenvalue weighted by molar-refractivity contribution is 14.1. The summed E-state index contributed by atoms with van der Waals surface area (Å²) in [6.07, 6.45) is 2.74. The summed E-state index contributed by atoms with van der Waals surface area (Å²) in [5.74, 6) is -0.406. The van der Waals surface area contributed by atoms with E-state index >= 15 is 0 Å². The highest BCUT2D eigenvalue weighted by atomic mass is 127. The van der Waals surface area contributed by atoms with Crippen molar-refractivity contribution in [3.63, 3.8) is 0 Å². The summed E-state index contributed by atoms with van der Waals surface area (Å²) < 4.78 is 13.6. The molecule has 0 saturated carbocycles. The summed E-state index contributed by atoms with van der Waals surface area (Å²) >= 11 is 2.14. The van der Waals surface area contributed by atoms with E-state index in [-0.39, 0.29) is 0 Å². The minimum absolute atomic E-state index is 0.406. The lowest BCUT2D eigenvalue weighted by Crippen LogP contribution is -2.19. The zero-order valence-electron chi connectivity index (χ0n) is 8.43. The van der Waals surface area contributed by atoms with Gasteiger partial charge in [0.25, 0.3) is 0 Å². The van der Waals surface area contributed by atoms with E-state index in [0.29, 0.717) is 0 Å². The molecular formula is C10H14FIN2. The maximum Gasteiger partial charge on any atom is 0.213 e. The Labute approximate surface area is 97.7 Å². The molecule has 78 valence electrons. The van der Waals surface area contributed by atoms with Crippen LogP contribution in [0.2, 0.25) is 0 Å². The molecule has 1 aromatic heterocycles. The Morgan fingerprint density at radius 1 is 1.57 bits per heavy atom. The van der Waals surface area contributed by atoms with Gasteiger partial charge < -0.3 is 4.90 Å². The standard InChI is InChI=1S/C10H14FIN2/c1-3-4-14(2)7-8-6-13-10(11)5-9(8)12/h5-6H,3-4,7H2,1-2H3.